The maximum atomic E-state index is 14.7. The molecule has 1 saturated carbocycles. The van der Waals surface area contributed by atoms with E-state index < -0.39 is 23.8 Å². The summed E-state index contributed by atoms with van der Waals surface area (Å²) in [7, 11) is 0. The molecule has 0 unspecified atom stereocenters. The van der Waals surface area contributed by atoms with Gasteiger partial charge in [-0.25, -0.2) is 9.18 Å². The van der Waals surface area contributed by atoms with Crippen molar-refractivity contribution >= 4 is 23.4 Å². The van der Waals surface area contributed by atoms with E-state index in [2.05, 4.69) is 17.8 Å². The maximum absolute atomic E-state index is 14.7. The summed E-state index contributed by atoms with van der Waals surface area (Å²) in [6, 6.07) is 11.3. The van der Waals surface area contributed by atoms with E-state index in [-0.39, 0.29) is 95.3 Å². The Balaban J connectivity index is 1.73. The average molecular weight is 817 g/mol. The molecule has 0 saturated heterocycles. The van der Waals surface area contributed by atoms with E-state index in [1.807, 2.05) is 19.1 Å². The van der Waals surface area contributed by atoms with Crippen molar-refractivity contribution in [3.05, 3.63) is 83.7 Å². The number of allylic oxidation sites excluding steroid dienone is 1. The Morgan fingerprint density at radius 1 is 1.07 bits per heavy atom. The predicted molar refractivity (Wildman–Crippen MR) is 214 cm³/mol. The van der Waals surface area contributed by atoms with Crippen LogP contribution in [0.25, 0.3) is 0 Å². The normalized spacial score (nSPS) is 24.1. The molecule has 0 radical (unpaired) electrons. The molecule has 1 heterocycles. The average Bonchev–Trinajstić information content (AvgIpc) is 3.22. The van der Waals surface area contributed by atoms with Crippen LogP contribution in [0.3, 0.4) is 0 Å². The van der Waals surface area contributed by atoms with Gasteiger partial charge in [-0.2, -0.15) is 0 Å². The van der Waals surface area contributed by atoms with Crippen LogP contribution in [0.4, 0.5) is 9.18 Å². The van der Waals surface area contributed by atoms with Gasteiger partial charge in [0, 0.05) is 43.2 Å². The quantitative estimate of drug-likeness (QED) is 0.0450. The third-order valence-corrected chi connectivity index (χ3v) is 11.1. The Labute approximate surface area is 340 Å². The summed E-state index contributed by atoms with van der Waals surface area (Å²) in [5, 5.41) is 33.8. The molecule has 2 aromatic rings. The van der Waals surface area contributed by atoms with Crippen molar-refractivity contribution in [2.75, 3.05) is 65.3 Å². The van der Waals surface area contributed by atoms with Crippen molar-refractivity contribution < 1.29 is 53.0 Å². The van der Waals surface area contributed by atoms with Crippen LogP contribution in [0.15, 0.2) is 71.9 Å². The number of fused-ring (bicyclic) bond motifs is 2. The van der Waals surface area contributed by atoms with Crippen LogP contribution in [0, 0.1) is 23.6 Å². The van der Waals surface area contributed by atoms with E-state index in [0.717, 1.165) is 36.8 Å². The first-order valence-corrected chi connectivity index (χ1v) is 20.6. The van der Waals surface area contributed by atoms with Crippen LogP contribution in [-0.4, -0.2) is 109 Å². The fraction of sp³-hybridized carbons (Fsp3) is 0.581. The highest BCUT2D eigenvalue weighted by Gasteiger charge is 2.65. The Bertz CT molecular complexity index is 1660. The second kappa shape index (κ2) is 22.4. The molecule has 14 heteroatoms. The van der Waals surface area contributed by atoms with Crippen molar-refractivity contribution in [1.29, 1.82) is 0 Å². The first-order chi connectivity index (χ1) is 27.9. The first kappa shape index (κ1) is 44.4. The summed E-state index contributed by atoms with van der Waals surface area (Å²) in [4.78, 5) is 21.4. The Morgan fingerprint density at radius 3 is 2.58 bits per heavy atom. The number of benzene rings is 2. The van der Waals surface area contributed by atoms with Crippen LogP contribution < -0.4 is 9.47 Å². The van der Waals surface area contributed by atoms with E-state index in [4.69, 9.17) is 40.1 Å². The lowest BCUT2D eigenvalue weighted by Crippen LogP contribution is -2.70. The number of amides is 1. The number of aliphatic hydroxyl groups excluding tert-OH is 3. The molecule has 5 rings (SSSR count). The lowest BCUT2D eigenvalue weighted by molar-refractivity contribution is -0.256. The SMILES string of the molecule is C=CCO[C@@]12Oc3ccc(OCc4ccccc4F)cc3[C@H]3[C@H](CCCCO)[C@@H](CCCCO)C=C(C(=NOCC)C[C@@H]1N(CCOCCO)C(=O)OCCCl)[C@H]32. The standard InChI is InChI=1S/C43H58ClFN2O10/c1-3-22-55-43-39(47(18-24-52-25-21-50)42(51)53-23-17-44)28-37(46-56-4-2)34-26-30(11-7-9-19-48)33(13-8-10-20-49)40(41(34)43)35-27-32(15-16-38(35)57-43)54-29-31-12-5-6-14-36(31)45/h3,5-6,12,14-16,26-27,30,33,39-41,48-50H,1,4,7-11,13,17-25,28-29H2,2H3/t30-,33+,39-,40+,41+,43+/m0/s1. The number of aliphatic hydroxyl groups is 3. The number of carbonyl (C=O) groups is 1. The topological polar surface area (TPSA) is 149 Å². The van der Waals surface area contributed by atoms with Gasteiger partial charge in [0.2, 0.25) is 5.79 Å². The number of rotatable bonds is 24. The van der Waals surface area contributed by atoms with E-state index in [1.165, 1.54) is 6.07 Å². The van der Waals surface area contributed by atoms with Gasteiger partial charge >= 0.3 is 6.09 Å². The zero-order valence-electron chi connectivity index (χ0n) is 32.9. The van der Waals surface area contributed by atoms with Gasteiger partial charge in [0.15, 0.2) is 0 Å². The summed E-state index contributed by atoms with van der Waals surface area (Å²) < 4.78 is 46.3. The molecule has 2 aliphatic carbocycles. The van der Waals surface area contributed by atoms with Crippen molar-refractivity contribution in [3.8, 4) is 11.5 Å². The molecule has 1 amide bonds. The van der Waals surface area contributed by atoms with Crippen molar-refractivity contribution in [2.24, 2.45) is 22.9 Å². The third-order valence-electron chi connectivity index (χ3n) is 10.9. The van der Waals surface area contributed by atoms with Gasteiger partial charge in [-0.3, -0.25) is 4.90 Å². The summed E-state index contributed by atoms with van der Waals surface area (Å²) in [6.45, 7) is 6.42. The summed E-state index contributed by atoms with van der Waals surface area (Å²) >= 11 is 5.98. The zero-order chi connectivity index (χ0) is 40.6. The number of hydrogen-bond acceptors (Lipinski definition) is 11. The van der Waals surface area contributed by atoms with Crippen molar-refractivity contribution in [3.63, 3.8) is 0 Å². The second-order valence-corrected chi connectivity index (χ2v) is 14.8. The molecule has 0 spiro atoms. The molecular weight excluding hydrogens is 759 g/mol. The first-order valence-electron chi connectivity index (χ1n) is 20.1. The molecule has 57 heavy (non-hydrogen) atoms. The number of unbranched alkanes of at least 4 members (excludes halogenated alkanes) is 2. The fourth-order valence-corrected chi connectivity index (χ4v) is 8.65. The van der Waals surface area contributed by atoms with Gasteiger partial charge in [0.1, 0.15) is 43.2 Å². The lowest BCUT2D eigenvalue weighted by Gasteiger charge is -2.59. The number of nitrogens with zero attached hydrogens (tertiary/aromatic N) is 2. The number of ether oxygens (including phenoxy) is 5. The van der Waals surface area contributed by atoms with Crippen LogP contribution in [-0.2, 0) is 25.7 Å². The number of halogens is 2. The molecule has 314 valence electrons. The van der Waals surface area contributed by atoms with Gasteiger partial charge < -0.3 is 43.8 Å². The third kappa shape index (κ3) is 10.7. The second-order valence-electron chi connectivity index (χ2n) is 14.4. The molecule has 0 aromatic heterocycles. The molecule has 3 aliphatic rings. The Kier molecular flexibility index (Phi) is 17.5. The molecule has 1 fully saturated rings. The molecule has 3 N–H and O–H groups in total. The Hall–Kier alpha value is -3.72. The minimum atomic E-state index is -1.50. The van der Waals surface area contributed by atoms with E-state index in [1.54, 1.807) is 35.2 Å². The molecule has 1 aliphatic heterocycles. The van der Waals surface area contributed by atoms with E-state index in [9.17, 15) is 24.5 Å². The summed E-state index contributed by atoms with van der Waals surface area (Å²) in [5.74, 6) is -1.47. The minimum Gasteiger partial charge on any atom is -0.489 e. The number of carbonyl (C=O) groups excluding carboxylic acids is 1. The van der Waals surface area contributed by atoms with E-state index >= 15 is 0 Å². The molecule has 6 atom stereocenters. The zero-order valence-corrected chi connectivity index (χ0v) is 33.6. The lowest BCUT2D eigenvalue weighted by atomic mass is 9.55. The molecule has 2 aromatic carbocycles. The predicted octanol–water partition coefficient (Wildman–Crippen LogP) is 6.74. The van der Waals surface area contributed by atoms with Crippen LogP contribution in [0.5, 0.6) is 11.5 Å². The molecule has 0 bridgehead atoms. The van der Waals surface area contributed by atoms with Gasteiger partial charge in [0.05, 0.1) is 43.9 Å². The van der Waals surface area contributed by atoms with Gasteiger partial charge in [-0.15, -0.1) is 18.2 Å². The van der Waals surface area contributed by atoms with Crippen molar-refractivity contribution in [1.82, 2.24) is 4.90 Å². The molecular formula is C43H58ClFN2O10. The minimum absolute atomic E-state index is 0.00297. The number of oxime groups is 1. The van der Waals surface area contributed by atoms with E-state index in [0.29, 0.717) is 42.2 Å². The highest BCUT2D eigenvalue weighted by molar-refractivity contribution is 6.18. The summed E-state index contributed by atoms with van der Waals surface area (Å²) in [5.41, 5.74) is 2.82. The monoisotopic (exact) mass is 816 g/mol. The van der Waals surface area contributed by atoms with Gasteiger partial charge in [-0.1, -0.05) is 48.3 Å². The number of alkyl halides is 1. The smallest absolute Gasteiger partial charge is 0.410 e. The van der Waals surface area contributed by atoms with Crippen molar-refractivity contribution in [2.45, 2.75) is 76.2 Å². The van der Waals surface area contributed by atoms with Gasteiger partial charge in [0.25, 0.3) is 0 Å². The number of hydrogen-bond donors (Lipinski definition) is 3. The molecule has 12 nitrogen and oxygen atoms in total. The summed E-state index contributed by atoms with van der Waals surface area (Å²) in [6.07, 6.45) is 7.81. The maximum Gasteiger partial charge on any atom is 0.410 e. The highest BCUT2D eigenvalue weighted by atomic mass is 35.5. The van der Waals surface area contributed by atoms with Crippen LogP contribution in [0.1, 0.15) is 68.9 Å². The fourth-order valence-electron chi connectivity index (χ4n) is 8.57. The largest absolute Gasteiger partial charge is 0.489 e. The Morgan fingerprint density at radius 2 is 1.86 bits per heavy atom. The van der Waals surface area contributed by atoms with Crippen LogP contribution in [0.2, 0.25) is 0 Å². The highest BCUT2D eigenvalue weighted by Crippen LogP contribution is 2.62. The van der Waals surface area contributed by atoms with Crippen LogP contribution >= 0.6 is 11.6 Å². The van der Waals surface area contributed by atoms with Gasteiger partial charge in [-0.05, 0) is 74.3 Å².